The van der Waals surface area contributed by atoms with Crippen molar-refractivity contribution in [3.8, 4) is 11.1 Å². The second-order valence-corrected chi connectivity index (χ2v) is 8.32. The van der Waals surface area contributed by atoms with E-state index in [9.17, 15) is 19.4 Å². The van der Waals surface area contributed by atoms with Crippen LogP contribution in [-0.4, -0.2) is 28.3 Å². The fourth-order valence-electron chi connectivity index (χ4n) is 4.81. The van der Waals surface area contributed by atoms with Crippen LogP contribution in [0.2, 0.25) is 0 Å². The van der Waals surface area contributed by atoms with Crippen molar-refractivity contribution in [1.82, 2.24) is 5.32 Å². The van der Waals surface area contributed by atoms with Gasteiger partial charge in [0.2, 0.25) is 0 Å². The number of aliphatic hydroxyl groups excluding tert-OH is 2. The Bertz CT molecular complexity index is 986. The summed E-state index contributed by atoms with van der Waals surface area (Å²) in [5.41, 5.74) is 3.91. The van der Waals surface area contributed by atoms with E-state index >= 15 is 0 Å². The lowest BCUT2D eigenvalue weighted by Crippen LogP contribution is -2.47. The molecule has 1 fully saturated rings. The van der Waals surface area contributed by atoms with Gasteiger partial charge in [0.15, 0.2) is 0 Å². The lowest BCUT2D eigenvalue weighted by atomic mass is 9.75. The lowest BCUT2D eigenvalue weighted by Gasteiger charge is -2.36. The molecule has 2 aromatic rings. The highest BCUT2D eigenvalue weighted by atomic mass is 19.1. The number of rotatable bonds is 3. The summed E-state index contributed by atoms with van der Waals surface area (Å²) >= 11 is 0. The van der Waals surface area contributed by atoms with Crippen LogP contribution in [0.5, 0.6) is 0 Å². The van der Waals surface area contributed by atoms with Crippen molar-refractivity contribution in [1.29, 1.82) is 0 Å². The molecule has 0 radical (unpaired) electrons. The maximum atomic E-state index is 13.3. The van der Waals surface area contributed by atoms with Crippen LogP contribution in [-0.2, 0) is 4.79 Å². The average molecular weight is 395 g/mol. The van der Waals surface area contributed by atoms with Crippen LogP contribution in [0.15, 0.2) is 42.2 Å². The number of aryl methyl sites for hydroxylation is 1. The minimum Gasteiger partial charge on any atom is -0.509 e. The van der Waals surface area contributed by atoms with Crippen LogP contribution in [0.3, 0.4) is 0 Å². The van der Waals surface area contributed by atoms with Gasteiger partial charge in [0.25, 0.3) is 5.91 Å². The average Bonchev–Trinajstić information content (AvgIpc) is 2.94. The number of nitrogens with one attached hydrogen (secondary N) is 1. The first-order valence-electron chi connectivity index (χ1n) is 10.1. The third-order valence-electron chi connectivity index (χ3n) is 6.57. The van der Waals surface area contributed by atoms with Gasteiger partial charge in [-0.2, -0.15) is 0 Å². The first kappa shape index (κ1) is 19.6. The maximum absolute atomic E-state index is 13.3. The van der Waals surface area contributed by atoms with Crippen LogP contribution in [0.4, 0.5) is 4.39 Å². The zero-order valence-electron chi connectivity index (χ0n) is 16.8. The fourth-order valence-corrected chi connectivity index (χ4v) is 4.81. The van der Waals surface area contributed by atoms with Crippen molar-refractivity contribution in [2.45, 2.75) is 45.1 Å². The molecule has 29 heavy (non-hydrogen) atoms. The second kappa shape index (κ2) is 7.30. The van der Waals surface area contributed by atoms with Crippen molar-refractivity contribution in [2.24, 2.45) is 5.92 Å². The van der Waals surface area contributed by atoms with Gasteiger partial charge in [0.05, 0.1) is 11.1 Å². The first-order valence-corrected chi connectivity index (χ1v) is 10.1. The Labute approximate surface area is 170 Å². The monoisotopic (exact) mass is 395 g/mol. The summed E-state index contributed by atoms with van der Waals surface area (Å²) in [5, 5.41) is 23.6. The van der Waals surface area contributed by atoms with Crippen LogP contribution < -0.4 is 5.32 Å². The van der Waals surface area contributed by atoms with Gasteiger partial charge in [-0.3, -0.25) is 4.79 Å². The standard InChI is InChI=1S/C24H26FNO3/c1-14-3-8-19(17-4-6-18(25)7-5-17)15(2)20(14)21-22(28)24(26-23(21)29)11-9-16(13-27)10-12-24/h3-8,16,27-28H,9-13H2,1-2H3,(H,26,29)/t16-,24+. The SMILES string of the molecule is Cc1ccc(-c2ccc(F)cc2)c(C)c1C1=C(O)[C@]2(CC[C@H](CO)CC2)NC1=O. The molecule has 0 aromatic heterocycles. The van der Waals surface area contributed by atoms with Gasteiger partial charge in [-0.25, -0.2) is 4.39 Å². The number of aliphatic hydroxyl groups is 2. The molecule has 0 unspecified atom stereocenters. The predicted molar refractivity (Wildman–Crippen MR) is 111 cm³/mol. The molecule has 5 heteroatoms. The van der Waals surface area contributed by atoms with E-state index in [1.165, 1.54) is 12.1 Å². The van der Waals surface area contributed by atoms with Gasteiger partial charge in [-0.05, 0) is 85.4 Å². The Balaban J connectivity index is 1.80. The molecule has 2 aliphatic rings. The summed E-state index contributed by atoms with van der Waals surface area (Å²) in [5.74, 6) is -0.219. The molecule has 1 aliphatic carbocycles. The quantitative estimate of drug-likeness (QED) is 0.720. The normalized spacial score (nSPS) is 24.3. The molecule has 2 aromatic carbocycles. The Hall–Kier alpha value is -2.66. The van der Waals surface area contributed by atoms with Gasteiger partial charge in [-0.15, -0.1) is 0 Å². The van der Waals surface area contributed by atoms with Crippen molar-refractivity contribution < 1.29 is 19.4 Å². The van der Waals surface area contributed by atoms with Crippen LogP contribution in [0.25, 0.3) is 16.7 Å². The van der Waals surface area contributed by atoms with E-state index in [0.29, 0.717) is 18.4 Å². The zero-order valence-corrected chi connectivity index (χ0v) is 16.8. The molecule has 0 atom stereocenters. The number of hydrogen-bond acceptors (Lipinski definition) is 3. The minimum absolute atomic E-state index is 0.112. The molecule has 4 rings (SSSR count). The summed E-state index contributed by atoms with van der Waals surface area (Å²) in [7, 11) is 0. The number of benzene rings is 2. The van der Waals surface area contributed by atoms with Gasteiger partial charge in [0.1, 0.15) is 11.6 Å². The van der Waals surface area contributed by atoms with Crippen LogP contribution >= 0.6 is 0 Å². The van der Waals surface area contributed by atoms with E-state index in [0.717, 1.165) is 40.7 Å². The molecule has 1 heterocycles. The van der Waals surface area contributed by atoms with Gasteiger partial charge < -0.3 is 15.5 Å². The van der Waals surface area contributed by atoms with Gasteiger partial charge >= 0.3 is 0 Å². The molecule has 4 nitrogen and oxygen atoms in total. The number of carbonyl (C=O) groups excluding carboxylic acids is 1. The summed E-state index contributed by atoms with van der Waals surface area (Å²) in [6, 6.07) is 10.2. The number of halogens is 1. The second-order valence-electron chi connectivity index (χ2n) is 8.32. The molecule has 1 amide bonds. The van der Waals surface area contributed by atoms with Crippen molar-refractivity contribution >= 4 is 11.5 Å². The van der Waals surface area contributed by atoms with Crippen molar-refractivity contribution in [3.05, 3.63) is 64.7 Å². The first-order chi connectivity index (χ1) is 13.9. The molecule has 3 N–H and O–H groups in total. The number of carbonyl (C=O) groups is 1. The van der Waals surface area contributed by atoms with E-state index in [1.54, 1.807) is 12.1 Å². The number of hydrogen-bond donors (Lipinski definition) is 3. The van der Waals surface area contributed by atoms with E-state index in [-0.39, 0.29) is 30.0 Å². The molecule has 0 bridgehead atoms. The topological polar surface area (TPSA) is 69.6 Å². The maximum Gasteiger partial charge on any atom is 0.256 e. The van der Waals surface area contributed by atoms with Crippen LogP contribution in [0, 0.1) is 25.6 Å². The molecule has 152 valence electrons. The van der Waals surface area contributed by atoms with E-state index in [2.05, 4.69) is 5.32 Å². The molecule has 1 aliphatic heterocycles. The lowest BCUT2D eigenvalue weighted by molar-refractivity contribution is -0.116. The molecular weight excluding hydrogens is 369 g/mol. The Morgan fingerprint density at radius 2 is 1.76 bits per heavy atom. The molecule has 0 saturated heterocycles. The minimum atomic E-state index is -0.733. The largest absolute Gasteiger partial charge is 0.509 e. The Morgan fingerprint density at radius 3 is 2.38 bits per heavy atom. The van der Waals surface area contributed by atoms with Crippen molar-refractivity contribution in [3.63, 3.8) is 0 Å². The molecule has 1 saturated carbocycles. The third kappa shape index (κ3) is 3.23. The predicted octanol–water partition coefficient (Wildman–Crippen LogP) is 4.43. The van der Waals surface area contributed by atoms with Crippen LogP contribution in [0.1, 0.15) is 42.4 Å². The summed E-state index contributed by atoms with van der Waals surface area (Å²) < 4.78 is 13.3. The highest BCUT2D eigenvalue weighted by molar-refractivity contribution is 6.24. The number of amides is 1. The van der Waals surface area contributed by atoms with Gasteiger partial charge in [-0.1, -0.05) is 24.3 Å². The highest BCUT2D eigenvalue weighted by Crippen LogP contribution is 2.44. The Kier molecular flexibility index (Phi) is 4.95. The summed E-state index contributed by atoms with van der Waals surface area (Å²) in [4.78, 5) is 13.0. The van der Waals surface area contributed by atoms with E-state index in [1.807, 2.05) is 26.0 Å². The Morgan fingerprint density at radius 1 is 1.10 bits per heavy atom. The highest BCUT2D eigenvalue weighted by Gasteiger charge is 2.48. The summed E-state index contributed by atoms with van der Waals surface area (Å²) in [6.07, 6.45) is 2.77. The van der Waals surface area contributed by atoms with E-state index in [4.69, 9.17) is 0 Å². The smallest absolute Gasteiger partial charge is 0.256 e. The zero-order chi connectivity index (χ0) is 20.8. The van der Waals surface area contributed by atoms with Crippen molar-refractivity contribution in [2.75, 3.05) is 6.61 Å². The molecular formula is C24H26FNO3. The summed E-state index contributed by atoms with van der Waals surface area (Å²) in [6.45, 7) is 4.00. The van der Waals surface area contributed by atoms with Gasteiger partial charge in [0, 0.05) is 6.61 Å². The fraction of sp³-hybridized carbons (Fsp3) is 0.375. The van der Waals surface area contributed by atoms with E-state index < -0.39 is 5.54 Å². The molecule has 1 spiro atoms. The third-order valence-corrected chi connectivity index (χ3v) is 6.57.